The molecular formula is C25H32N2O3S. The van der Waals surface area contributed by atoms with Crippen LogP contribution in [-0.2, 0) is 21.9 Å². The number of amides is 2. The fourth-order valence-corrected chi connectivity index (χ4v) is 4.69. The Morgan fingerprint density at radius 2 is 1.74 bits per heavy atom. The zero-order valence-corrected chi connectivity index (χ0v) is 19.2. The van der Waals surface area contributed by atoms with E-state index in [1.165, 1.54) is 0 Å². The second-order valence-corrected chi connectivity index (χ2v) is 9.00. The molecule has 166 valence electrons. The van der Waals surface area contributed by atoms with Gasteiger partial charge in [-0.25, -0.2) is 0 Å². The van der Waals surface area contributed by atoms with E-state index in [0.29, 0.717) is 12.3 Å². The van der Waals surface area contributed by atoms with Crippen LogP contribution in [0.5, 0.6) is 5.75 Å². The van der Waals surface area contributed by atoms with Gasteiger partial charge < -0.3 is 15.0 Å². The summed E-state index contributed by atoms with van der Waals surface area (Å²) in [6.07, 6.45) is 4.38. The van der Waals surface area contributed by atoms with E-state index in [9.17, 15) is 9.59 Å². The van der Waals surface area contributed by atoms with Gasteiger partial charge in [-0.05, 0) is 43.0 Å². The van der Waals surface area contributed by atoms with E-state index in [4.69, 9.17) is 4.74 Å². The van der Waals surface area contributed by atoms with Crippen molar-refractivity contribution in [2.45, 2.75) is 57.0 Å². The van der Waals surface area contributed by atoms with Gasteiger partial charge in [-0.2, -0.15) is 0 Å². The molecule has 1 aliphatic rings. The van der Waals surface area contributed by atoms with E-state index < -0.39 is 6.04 Å². The molecule has 1 N–H and O–H groups in total. The number of nitrogens with one attached hydrogen (secondary N) is 1. The van der Waals surface area contributed by atoms with E-state index >= 15 is 0 Å². The van der Waals surface area contributed by atoms with Crippen LogP contribution in [0.1, 0.15) is 43.7 Å². The average Bonchev–Trinajstić information content (AvgIpc) is 3.31. The van der Waals surface area contributed by atoms with Crippen LogP contribution in [0.3, 0.4) is 0 Å². The molecule has 2 aromatic carbocycles. The highest BCUT2D eigenvalue weighted by molar-refractivity contribution is 7.99. The summed E-state index contributed by atoms with van der Waals surface area (Å²) in [5.74, 6) is 1.81. The molecule has 2 amide bonds. The molecule has 1 aliphatic carbocycles. The van der Waals surface area contributed by atoms with Crippen molar-refractivity contribution in [3.63, 3.8) is 0 Å². The number of hydrogen-bond acceptors (Lipinski definition) is 4. The first-order valence-electron chi connectivity index (χ1n) is 10.9. The van der Waals surface area contributed by atoms with Gasteiger partial charge in [-0.3, -0.25) is 9.59 Å². The molecule has 1 fully saturated rings. The maximum absolute atomic E-state index is 13.1. The molecule has 0 heterocycles. The molecule has 6 heteroatoms. The second kappa shape index (κ2) is 11.8. The largest absolute Gasteiger partial charge is 0.497 e. The molecule has 0 radical (unpaired) electrons. The van der Waals surface area contributed by atoms with Crippen LogP contribution in [0.2, 0.25) is 0 Å². The van der Waals surface area contributed by atoms with E-state index in [0.717, 1.165) is 48.3 Å². The van der Waals surface area contributed by atoms with Crippen LogP contribution in [0.15, 0.2) is 54.6 Å². The first kappa shape index (κ1) is 23.2. The van der Waals surface area contributed by atoms with Gasteiger partial charge in [0.1, 0.15) is 11.8 Å². The van der Waals surface area contributed by atoms with Gasteiger partial charge >= 0.3 is 0 Å². The standard InChI is InChI=1S/C25H32N2O3S/c1-19(25(29)26-22-10-6-7-11-22)27(16-20-8-4-3-5-9-20)24(28)18-31-17-21-12-14-23(30-2)15-13-21/h3-5,8-9,12-15,19,22H,6-7,10-11,16-18H2,1-2H3,(H,26,29). The lowest BCUT2D eigenvalue weighted by Gasteiger charge is -2.29. The number of carbonyl (C=O) groups is 2. The number of hydrogen-bond donors (Lipinski definition) is 1. The normalized spacial score (nSPS) is 14.8. The predicted octanol–water partition coefficient (Wildman–Crippen LogP) is 4.40. The van der Waals surface area contributed by atoms with Crippen molar-refractivity contribution in [1.82, 2.24) is 10.2 Å². The Kier molecular flexibility index (Phi) is 8.83. The van der Waals surface area contributed by atoms with Crippen LogP contribution < -0.4 is 10.1 Å². The Bertz CT molecular complexity index is 836. The van der Waals surface area contributed by atoms with Crippen LogP contribution in [0.25, 0.3) is 0 Å². The Morgan fingerprint density at radius 3 is 2.39 bits per heavy atom. The quantitative estimate of drug-likeness (QED) is 0.595. The molecule has 1 saturated carbocycles. The van der Waals surface area contributed by atoms with Gasteiger partial charge in [0.2, 0.25) is 11.8 Å². The maximum atomic E-state index is 13.1. The van der Waals surface area contributed by atoms with E-state index in [-0.39, 0.29) is 17.9 Å². The topological polar surface area (TPSA) is 58.6 Å². The zero-order chi connectivity index (χ0) is 22.1. The van der Waals surface area contributed by atoms with Crippen molar-refractivity contribution >= 4 is 23.6 Å². The van der Waals surface area contributed by atoms with E-state index in [2.05, 4.69) is 5.32 Å². The SMILES string of the molecule is COc1ccc(CSCC(=O)N(Cc2ccccc2)C(C)C(=O)NC2CCCC2)cc1. The van der Waals surface area contributed by atoms with Gasteiger partial charge in [0.25, 0.3) is 0 Å². The first-order chi connectivity index (χ1) is 15.1. The molecule has 1 unspecified atom stereocenters. The van der Waals surface area contributed by atoms with Crippen molar-refractivity contribution in [3.8, 4) is 5.75 Å². The summed E-state index contributed by atoms with van der Waals surface area (Å²) in [6, 6.07) is 17.5. The van der Waals surface area contributed by atoms with Gasteiger partial charge in [0, 0.05) is 18.3 Å². The highest BCUT2D eigenvalue weighted by Gasteiger charge is 2.28. The van der Waals surface area contributed by atoms with Crippen LogP contribution in [-0.4, -0.2) is 41.7 Å². The first-order valence-corrected chi connectivity index (χ1v) is 12.1. The third-order valence-electron chi connectivity index (χ3n) is 5.72. The number of nitrogens with zero attached hydrogens (tertiary/aromatic N) is 1. The molecule has 0 aliphatic heterocycles. The minimum Gasteiger partial charge on any atom is -0.497 e. The molecule has 3 rings (SSSR count). The Morgan fingerprint density at radius 1 is 1.06 bits per heavy atom. The van der Waals surface area contributed by atoms with E-state index in [1.807, 2.05) is 61.5 Å². The lowest BCUT2D eigenvalue weighted by atomic mass is 10.1. The molecule has 0 bridgehead atoms. The number of thioether (sulfide) groups is 1. The van der Waals surface area contributed by atoms with Crippen molar-refractivity contribution in [1.29, 1.82) is 0 Å². The molecule has 2 aromatic rings. The second-order valence-electron chi connectivity index (χ2n) is 8.01. The Labute approximate surface area is 189 Å². The third kappa shape index (κ3) is 7.03. The van der Waals surface area contributed by atoms with Gasteiger partial charge in [0.15, 0.2) is 0 Å². The molecule has 0 saturated heterocycles. The number of ether oxygens (including phenoxy) is 1. The summed E-state index contributed by atoms with van der Waals surface area (Å²) < 4.78 is 5.19. The Balaban J connectivity index is 1.61. The van der Waals surface area contributed by atoms with Crippen molar-refractivity contribution < 1.29 is 14.3 Å². The van der Waals surface area contributed by atoms with E-state index in [1.54, 1.807) is 23.8 Å². The number of methoxy groups -OCH3 is 1. The lowest BCUT2D eigenvalue weighted by Crippen LogP contribution is -2.50. The van der Waals surface area contributed by atoms with Crippen molar-refractivity contribution in [2.24, 2.45) is 0 Å². The predicted molar refractivity (Wildman–Crippen MR) is 126 cm³/mol. The lowest BCUT2D eigenvalue weighted by molar-refractivity contribution is -0.138. The average molecular weight is 441 g/mol. The summed E-state index contributed by atoms with van der Waals surface area (Å²) in [5.41, 5.74) is 2.16. The molecule has 0 spiro atoms. The number of carbonyl (C=O) groups excluding carboxylic acids is 2. The van der Waals surface area contributed by atoms with Gasteiger partial charge in [0.05, 0.1) is 12.9 Å². The highest BCUT2D eigenvalue weighted by Crippen LogP contribution is 2.20. The zero-order valence-electron chi connectivity index (χ0n) is 18.4. The molecule has 5 nitrogen and oxygen atoms in total. The molecule has 31 heavy (non-hydrogen) atoms. The van der Waals surface area contributed by atoms with Crippen LogP contribution >= 0.6 is 11.8 Å². The molecule has 1 atom stereocenters. The number of benzene rings is 2. The molecule has 0 aromatic heterocycles. The smallest absolute Gasteiger partial charge is 0.242 e. The van der Waals surface area contributed by atoms with Gasteiger partial charge in [-0.1, -0.05) is 55.3 Å². The van der Waals surface area contributed by atoms with Crippen LogP contribution in [0, 0.1) is 0 Å². The Hall–Kier alpha value is -2.47. The number of rotatable bonds is 10. The summed E-state index contributed by atoms with van der Waals surface area (Å²) in [5, 5.41) is 3.14. The monoisotopic (exact) mass is 440 g/mol. The minimum absolute atomic E-state index is 0.0172. The third-order valence-corrected chi connectivity index (χ3v) is 6.71. The summed E-state index contributed by atoms with van der Waals surface area (Å²) in [4.78, 5) is 27.7. The van der Waals surface area contributed by atoms with Crippen molar-refractivity contribution in [3.05, 3.63) is 65.7 Å². The fraction of sp³-hybridized carbons (Fsp3) is 0.440. The summed E-state index contributed by atoms with van der Waals surface area (Å²) in [7, 11) is 1.65. The summed E-state index contributed by atoms with van der Waals surface area (Å²) in [6.45, 7) is 2.27. The van der Waals surface area contributed by atoms with Crippen LogP contribution in [0.4, 0.5) is 0 Å². The van der Waals surface area contributed by atoms with Crippen molar-refractivity contribution in [2.75, 3.05) is 12.9 Å². The highest BCUT2D eigenvalue weighted by atomic mass is 32.2. The summed E-state index contributed by atoms with van der Waals surface area (Å²) >= 11 is 1.57. The van der Waals surface area contributed by atoms with Gasteiger partial charge in [-0.15, -0.1) is 11.8 Å². The maximum Gasteiger partial charge on any atom is 0.242 e. The molecular weight excluding hydrogens is 408 g/mol. The minimum atomic E-state index is -0.505. The fourth-order valence-electron chi connectivity index (χ4n) is 3.82.